The van der Waals surface area contributed by atoms with Crippen molar-refractivity contribution in [1.82, 2.24) is 0 Å². The second-order valence-electron chi connectivity index (χ2n) is 15.6. The molecule has 8 N–H and O–H groups in total. The van der Waals surface area contributed by atoms with Gasteiger partial charge in [-0.15, -0.1) is 10.2 Å². The molecule has 22 nitrogen and oxygen atoms in total. The number of hydrogen-bond donors (Lipinski definition) is 4. The largest absolute Gasteiger partial charge is 4.00 e. The topological polar surface area (TPSA) is 382 Å². The molecular formula is C50H40N10Na4O12PtS6. The maximum Gasteiger partial charge on any atom is 4.00 e. The summed E-state index contributed by atoms with van der Waals surface area (Å²) in [5.74, 6) is 0. The van der Waals surface area contributed by atoms with E-state index < -0.39 is 50.2 Å². The molecule has 0 unspecified atom stereocenters. The predicted octanol–water partition coefficient (Wildman–Crippen LogP) is 0.375. The fourth-order valence-electron chi connectivity index (χ4n) is 7.47. The number of nitrogens with two attached hydrogens (primary N) is 2. The first-order chi connectivity index (χ1) is 35.7. The van der Waals surface area contributed by atoms with Gasteiger partial charge >= 0.3 is 139 Å². The van der Waals surface area contributed by atoms with E-state index >= 15 is 0 Å². The average Bonchev–Trinajstić information content (AvgIpc) is 3.36. The van der Waals surface area contributed by atoms with Crippen LogP contribution in [-0.2, 0) is 60.8 Å². The summed E-state index contributed by atoms with van der Waals surface area (Å²) in [6.45, 7) is 0. The molecule has 0 saturated heterocycles. The Kier molecular flexibility index (Phi) is 33.9. The summed E-state index contributed by atoms with van der Waals surface area (Å²) in [6, 6.07) is 36.7. The number of azo groups is 2. The normalized spacial score (nSPS) is 11.1. The summed E-state index contributed by atoms with van der Waals surface area (Å²) in [6.07, 6.45) is 2.78. The molecule has 412 valence electrons. The Balaban J connectivity index is 0.00000840. The van der Waals surface area contributed by atoms with Crippen LogP contribution in [0.3, 0.4) is 0 Å². The fourth-order valence-corrected chi connectivity index (χ4v) is 10.4. The zero-order valence-electron chi connectivity index (χ0n) is 44.6. The Morgan fingerprint density at radius 1 is 0.554 bits per heavy atom. The van der Waals surface area contributed by atoms with Crippen molar-refractivity contribution in [2.75, 3.05) is 21.7 Å². The van der Waals surface area contributed by atoms with Crippen LogP contribution in [0, 0.1) is 14.9 Å². The van der Waals surface area contributed by atoms with E-state index in [-0.39, 0.29) is 220 Å². The fraction of sp³-hybridized carbons (Fsp3) is 0. The number of nitrogens with one attached hydrogen (secondary N) is 4. The first-order valence-electron chi connectivity index (χ1n) is 21.1. The number of nitrogens with zero attached hydrogens (tertiary/aromatic N) is 4. The van der Waals surface area contributed by atoms with Crippen LogP contribution in [0.1, 0.15) is 11.1 Å². The van der Waals surface area contributed by atoms with Crippen molar-refractivity contribution >= 4 is 156 Å². The van der Waals surface area contributed by atoms with E-state index in [0.29, 0.717) is 40.1 Å². The third-order valence-corrected chi connectivity index (χ3v) is 14.4. The van der Waals surface area contributed by atoms with Gasteiger partial charge in [-0.1, -0.05) is 115 Å². The molecule has 8 aromatic carbocycles. The third kappa shape index (κ3) is 20.8. The number of hydrogen-bond acceptors (Lipinski definition) is 20. The quantitative estimate of drug-likeness (QED) is 0.00970. The van der Waals surface area contributed by atoms with Crippen molar-refractivity contribution in [3.8, 4) is 11.1 Å². The van der Waals surface area contributed by atoms with Crippen molar-refractivity contribution < 1.29 is 193 Å². The molecule has 0 aliphatic rings. The number of fused-ring (bicyclic) bond motifs is 2. The second kappa shape index (κ2) is 35.1. The molecule has 0 saturated carbocycles. The van der Waals surface area contributed by atoms with Gasteiger partial charge in [-0.3, -0.25) is 5.04 Å². The maximum atomic E-state index is 12.6. The second-order valence-corrected chi connectivity index (χ2v) is 21.2. The third-order valence-electron chi connectivity index (χ3n) is 10.8. The average molecular weight is 1450 g/mol. The summed E-state index contributed by atoms with van der Waals surface area (Å²) >= 11 is 10.9. The Hall–Kier alpha value is -2.99. The van der Waals surface area contributed by atoms with Gasteiger partial charge in [0.25, 0.3) is 0 Å². The minimum Gasteiger partial charge on any atom is -0.744 e. The number of nitrogen functional groups attached to an aromatic ring is 1. The Labute approximate surface area is 597 Å². The van der Waals surface area contributed by atoms with Crippen molar-refractivity contribution in [1.29, 1.82) is 0 Å². The minimum absolute atomic E-state index is 0. The van der Waals surface area contributed by atoms with E-state index in [1.807, 2.05) is 0 Å². The molecule has 83 heavy (non-hydrogen) atoms. The summed E-state index contributed by atoms with van der Waals surface area (Å²) in [4.78, 5) is -1.38. The number of rotatable bonds is 16. The van der Waals surface area contributed by atoms with Crippen LogP contribution in [0.4, 0.5) is 45.5 Å². The summed E-state index contributed by atoms with van der Waals surface area (Å²) in [7, 11) is -14.9. The zero-order valence-corrected chi connectivity index (χ0v) is 59.8. The smallest absolute Gasteiger partial charge is 0.744 e. The molecule has 0 atom stereocenters. The first kappa shape index (κ1) is 80.0. The Morgan fingerprint density at radius 2 is 0.988 bits per heavy atom. The van der Waals surface area contributed by atoms with Crippen molar-refractivity contribution in [2.45, 2.75) is 19.6 Å². The van der Waals surface area contributed by atoms with Crippen LogP contribution in [0.25, 0.3) is 56.7 Å². The molecule has 33 heteroatoms. The van der Waals surface area contributed by atoms with Gasteiger partial charge in [0.2, 0.25) is 0 Å². The van der Waals surface area contributed by atoms with Crippen molar-refractivity contribution in [3.63, 3.8) is 0 Å². The van der Waals surface area contributed by atoms with E-state index in [1.165, 1.54) is 42.5 Å². The number of anilines is 4. The van der Waals surface area contributed by atoms with Crippen LogP contribution in [0.5, 0.6) is 0 Å². The van der Waals surface area contributed by atoms with Gasteiger partial charge in [-0.25, -0.2) is 25.3 Å². The molecule has 0 aromatic heterocycles. The van der Waals surface area contributed by atoms with Crippen molar-refractivity contribution in [3.05, 3.63) is 183 Å². The Morgan fingerprint density at radius 3 is 1.48 bits per heavy atom. The van der Waals surface area contributed by atoms with E-state index in [4.69, 9.17) is 23.7 Å². The monoisotopic (exact) mass is 1450 g/mol. The van der Waals surface area contributed by atoms with Gasteiger partial charge in [-0.05, 0) is 94.8 Å². The molecule has 8 rings (SSSR count). The van der Waals surface area contributed by atoms with E-state index in [0.717, 1.165) is 29.3 Å². The van der Waals surface area contributed by atoms with Crippen LogP contribution in [-0.4, -0.2) is 49.1 Å². The summed E-state index contributed by atoms with van der Waals surface area (Å²) in [5.41, 5.74) is 17.0. The summed E-state index contributed by atoms with van der Waals surface area (Å²) < 4.78 is 115. The molecular weight excluding hydrogens is 1410 g/mol. The number of thiocarbonyl (C=S) groups is 2. The van der Waals surface area contributed by atoms with E-state index in [1.54, 1.807) is 97.1 Å². The van der Waals surface area contributed by atoms with Crippen LogP contribution >= 0.6 is 36.5 Å². The predicted molar refractivity (Wildman–Crippen MR) is 305 cm³/mol. The molecule has 0 fully saturated rings. The standard InChI is InChI=1S/C48H37N9O12S6.2CH3.H2N.4Na.Pt/c49-45-37-7-3-1-5-35(37)43(74(62,63)64)25-39(45)56-54-31-17-11-27(12-18-31)28-13-19-32(20-14-28)55-57-40-26-44(75(65,66)67)36-6-2-4-8-38(36)46(40)53-48(71)52-33-21-15-29(41(23-33)72-69-68-58)9-10-30-16-22-34(51-47(50)70)24-42(30)73(59,60)61;;;;;;;;/h1-26H,(H11,49,50,51,52,53,54,55,56,57,58,59,60,61,62,63,64,65,66,67,70,71);2*1H3;1H2;;;;;/q;3*-1;4*+1;+4/p-5. The number of benzene rings is 8. The Bertz CT molecular complexity index is 4050. The molecule has 0 heterocycles. The molecule has 0 amide bonds. The SMILES string of the molecule is [CH3-].[CH3-].[NH-]C(=S)Nc1ccc(/C=C/c2ccc(NC(=S)Nc3c(N=Nc4ccc(-c5ccc(N=Nc6cc(S(=O)(=O)[O-])c7ccccc7c6N)cc5)cc4)cc(S(=O)(=O)[O-])c4ccccc34)cc2SOO[O-])c(S(=O)(=O)[O-])c1.[NH2-].[Na+].[Na+].[Na+].[Na+].[Pt+4]. The van der Waals surface area contributed by atoms with Crippen LogP contribution < -0.4 is 145 Å². The first-order valence-corrected chi connectivity index (χ1v) is 26.9. The van der Waals surface area contributed by atoms with Gasteiger partial charge in [0.1, 0.15) is 41.7 Å². The van der Waals surface area contributed by atoms with Gasteiger partial charge in [0.15, 0.2) is 5.11 Å². The van der Waals surface area contributed by atoms with E-state index in [9.17, 15) is 44.2 Å². The van der Waals surface area contributed by atoms with Gasteiger partial charge in [0.05, 0.1) is 49.5 Å². The molecule has 0 spiro atoms. The van der Waals surface area contributed by atoms with Crippen LogP contribution in [0.2, 0.25) is 0 Å². The maximum absolute atomic E-state index is 12.6. The van der Waals surface area contributed by atoms with Gasteiger partial charge < -0.3 is 67.3 Å². The van der Waals surface area contributed by atoms with E-state index in [2.05, 4.69) is 58.0 Å². The van der Waals surface area contributed by atoms with Gasteiger partial charge in [-0.2, -0.15) is 14.6 Å². The molecule has 0 aliphatic carbocycles. The molecule has 0 aliphatic heterocycles. The zero-order chi connectivity index (χ0) is 53.7. The van der Waals surface area contributed by atoms with Crippen LogP contribution in [0.15, 0.2) is 186 Å². The minimum atomic E-state index is -5.05. The molecule has 0 radical (unpaired) electrons. The molecule has 8 aromatic rings. The van der Waals surface area contributed by atoms with Gasteiger partial charge in [0, 0.05) is 37.2 Å². The molecule has 0 bridgehead atoms. The van der Waals surface area contributed by atoms with Crippen molar-refractivity contribution in [2.24, 2.45) is 20.5 Å². The summed E-state index contributed by atoms with van der Waals surface area (Å²) in [5, 5.41) is 40.3.